The Labute approximate surface area is 139 Å². The summed E-state index contributed by atoms with van der Waals surface area (Å²) in [5.41, 5.74) is 0.421. The first-order chi connectivity index (χ1) is 11.5. The Morgan fingerprint density at radius 3 is 2.83 bits per heavy atom. The van der Waals surface area contributed by atoms with Gasteiger partial charge in [-0.15, -0.1) is 0 Å². The maximum atomic E-state index is 11.9. The molecule has 0 saturated heterocycles. The van der Waals surface area contributed by atoms with Crippen LogP contribution in [-0.4, -0.2) is 44.2 Å². The monoisotopic (exact) mass is 332 g/mol. The van der Waals surface area contributed by atoms with Crippen molar-refractivity contribution in [1.29, 1.82) is 0 Å². The molecule has 0 fully saturated rings. The molecule has 8 nitrogen and oxygen atoms in total. The van der Waals surface area contributed by atoms with Crippen LogP contribution in [0.3, 0.4) is 0 Å². The van der Waals surface area contributed by atoms with Gasteiger partial charge in [-0.1, -0.05) is 6.07 Å². The Kier molecular flexibility index (Phi) is 6.32. The summed E-state index contributed by atoms with van der Waals surface area (Å²) in [6, 6.07) is 5.12. The molecule has 1 aromatic carbocycles. The molecule has 1 amide bonds. The zero-order valence-electron chi connectivity index (χ0n) is 13.1. The van der Waals surface area contributed by atoms with Crippen LogP contribution in [0.2, 0.25) is 0 Å². The van der Waals surface area contributed by atoms with Gasteiger partial charge in [0.15, 0.2) is 0 Å². The second kappa shape index (κ2) is 8.68. The fourth-order valence-electron chi connectivity index (χ4n) is 2.18. The van der Waals surface area contributed by atoms with Gasteiger partial charge in [-0.2, -0.15) is 0 Å². The highest BCUT2D eigenvalue weighted by Crippen LogP contribution is 2.15. The largest absolute Gasteiger partial charge is 0.508 e. The molecule has 0 spiro atoms. The quantitative estimate of drug-likeness (QED) is 0.510. The second-order valence-electron chi connectivity index (χ2n) is 5.30. The third-order valence-electron chi connectivity index (χ3n) is 3.36. The van der Waals surface area contributed by atoms with Gasteiger partial charge in [0.2, 0.25) is 5.91 Å². The van der Waals surface area contributed by atoms with E-state index >= 15 is 0 Å². The first kappa shape index (κ1) is 17.5. The van der Waals surface area contributed by atoms with Crippen molar-refractivity contribution < 1.29 is 19.8 Å². The summed E-state index contributed by atoms with van der Waals surface area (Å²) in [7, 11) is 0. The normalized spacial score (nSPS) is 11.8. The van der Waals surface area contributed by atoms with Crippen molar-refractivity contribution in [3.8, 4) is 5.75 Å². The van der Waals surface area contributed by atoms with Crippen molar-refractivity contribution in [2.45, 2.75) is 25.4 Å². The summed E-state index contributed by atoms with van der Waals surface area (Å²) in [4.78, 5) is 27.1. The number of imidazole rings is 1. The van der Waals surface area contributed by atoms with E-state index in [4.69, 9.17) is 0 Å². The fourth-order valence-corrected chi connectivity index (χ4v) is 2.18. The van der Waals surface area contributed by atoms with E-state index < -0.39 is 17.9 Å². The van der Waals surface area contributed by atoms with Crippen LogP contribution >= 0.6 is 0 Å². The SMILES string of the molecule is O=C(C[C@@H](NCCCn1ccnc1)C(=O)O)Nc1cccc(O)c1. The molecule has 4 N–H and O–H groups in total. The molecule has 1 atom stereocenters. The lowest BCUT2D eigenvalue weighted by Gasteiger charge is -2.14. The van der Waals surface area contributed by atoms with Gasteiger partial charge in [0.25, 0.3) is 0 Å². The highest BCUT2D eigenvalue weighted by molar-refractivity contribution is 5.94. The van der Waals surface area contributed by atoms with Crippen molar-refractivity contribution in [3.63, 3.8) is 0 Å². The van der Waals surface area contributed by atoms with Gasteiger partial charge in [0.1, 0.15) is 11.8 Å². The average molecular weight is 332 g/mol. The van der Waals surface area contributed by atoms with Crippen molar-refractivity contribution in [1.82, 2.24) is 14.9 Å². The zero-order valence-corrected chi connectivity index (χ0v) is 13.1. The Hall–Kier alpha value is -2.87. The number of carbonyl (C=O) groups excluding carboxylic acids is 1. The van der Waals surface area contributed by atoms with Gasteiger partial charge in [-0.05, 0) is 25.1 Å². The molecule has 0 radical (unpaired) electrons. The molecule has 0 bridgehead atoms. The van der Waals surface area contributed by atoms with Crippen LogP contribution in [0.15, 0.2) is 43.0 Å². The number of nitrogens with zero attached hydrogens (tertiary/aromatic N) is 2. The molecule has 2 aromatic rings. The Bertz CT molecular complexity index is 672. The van der Waals surface area contributed by atoms with Gasteiger partial charge >= 0.3 is 5.97 Å². The summed E-state index contributed by atoms with van der Waals surface area (Å²) >= 11 is 0. The molecule has 2 rings (SSSR count). The number of anilines is 1. The van der Waals surface area contributed by atoms with Gasteiger partial charge < -0.3 is 25.4 Å². The third-order valence-corrected chi connectivity index (χ3v) is 3.36. The third kappa shape index (κ3) is 5.73. The molecule has 1 heterocycles. The molecule has 1 aromatic heterocycles. The van der Waals surface area contributed by atoms with E-state index in [1.807, 2.05) is 10.8 Å². The smallest absolute Gasteiger partial charge is 0.321 e. The maximum Gasteiger partial charge on any atom is 0.321 e. The minimum absolute atomic E-state index is 0.0280. The minimum atomic E-state index is -1.08. The molecular formula is C16H20N4O4. The van der Waals surface area contributed by atoms with E-state index in [2.05, 4.69) is 15.6 Å². The lowest BCUT2D eigenvalue weighted by atomic mass is 10.2. The van der Waals surface area contributed by atoms with E-state index in [0.29, 0.717) is 18.7 Å². The number of aromatic hydroxyl groups is 1. The number of carboxylic acids is 1. The van der Waals surface area contributed by atoms with Crippen molar-refractivity contribution in [3.05, 3.63) is 43.0 Å². The van der Waals surface area contributed by atoms with Gasteiger partial charge in [0.05, 0.1) is 12.7 Å². The number of carbonyl (C=O) groups is 2. The molecule has 0 saturated carbocycles. The highest BCUT2D eigenvalue weighted by Gasteiger charge is 2.20. The molecule has 128 valence electrons. The van der Waals surface area contributed by atoms with E-state index in [-0.39, 0.29) is 12.2 Å². The van der Waals surface area contributed by atoms with Gasteiger partial charge in [0, 0.05) is 30.7 Å². The number of hydrogen-bond donors (Lipinski definition) is 4. The predicted molar refractivity (Wildman–Crippen MR) is 87.6 cm³/mol. The molecular weight excluding hydrogens is 312 g/mol. The fraction of sp³-hybridized carbons (Fsp3) is 0.312. The number of rotatable bonds is 9. The summed E-state index contributed by atoms with van der Waals surface area (Å²) < 4.78 is 1.89. The zero-order chi connectivity index (χ0) is 17.4. The van der Waals surface area contributed by atoms with E-state index in [9.17, 15) is 19.8 Å². The second-order valence-corrected chi connectivity index (χ2v) is 5.30. The van der Waals surface area contributed by atoms with Crippen LogP contribution in [0.4, 0.5) is 5.69 Å². The van der Waals surface area contributed by atoms with E-state index in [0.717, 1.165) is 6.54 Å². The van der Waals surface area contributed by atoms with Crippen LogP contribution < -0.4 is 10.6 Å². The number of benzene rings is 1. The Balaban J connectivity index is 1.77. The van der Waals surface area contributed by atoms with Crippen LogP contribution in [0.25, 0.3) is 0 Å². The number of nitrogens with one attached hydrogen (secondary N) is 2. The molecule has 0 aliphatic carbocycles. The molecule has 0 aliphatic rings. The van der Waals surface area contributed by atoms with Crippen molar-refractivity contribution >= 4 is 17.6 Å². The first-order valence-corrected chi connectivity index (χ1v) is 7.55. The van der Waals surface area contributed by atoms with Crippen molar-refractivity contribution in [2.24, 2.45) is 0 Å². The summed E-state index contributed by atoms with van der Waals surface area (Å²) in [6.07, 6.45) is 5.72. The number of phenols is 1. The van der Waals surface area contributed by atoms with Crippen molar-refractivity contribution in [2.75, 3.05) is 11.9 Å². The predicted octanol–water partition coefficient (Wildman–Crippen LogP) is 1.05. The number of phenolic OH excluding ortho intramolecular Hbond substituents is 1. The van der Waals surface area contributed by atoms with E-state index in [1.54, 1.807) is 24.7 Å². The molecule has 0 unspecified atom stereocenters. The van der Waals surface area contributed by atoms with Gasteiger partial charge in [-0.25, -0.2) is 4.98 Å². The standard InChI is InChI=1S/C16H20N4O4/c21-13-4-1-3-12(9-13)19-15(22)10-14(16(23)24)18-5-2-7-20-8-6-17-11-20/h1,3-4,6,8-9,11,14,18,21H,2,5,7,10H2,(H,19,22)(H,23,24)/t14-/m1/s1. The van der Waals surface area contributed by atoms with Crippen LogP contribution in [0.5, 0.6) is 5.75 Å². The molecule has 8 heteroatoms. The molecule has 0 aliphatic heterocycles. The topological polar surface area (TPSA) is 116 Å². The number of aryl methyl sites for hydroxylation is 1. The highest BCUT2D eigenvalue weighted by atomic mass is 16.4. The van der Waals surface area contributed by atoms with Crippen LogP contribution in [0, 0.1) is 0 Å². The maximum absolute atomic E-state index is 11.9. The number of aliphatic carboxylic acids is 1. The average Bonchev–Trinajstić information content (AvgIpc) is 3.03. The van der Waals surface area contributed by atoms with Crippen LogP contribution in [-0.2, 0) is 16.1 Å². The number of carboxylic acid groups (broad SMARTS) is 1. The van der Waals surface area contributed by atoms with E-state index in [1.165, 1.54) is 12.1 Å². The number of hydrogen-bond acceptors (Lipinski definition) is 5. The lowest BCUT2D eigenvalue weighted by molar-refractivity contribution is -0.141. The molecule has 24 heavy (non-hydrogen) atoms. The minimum Gasteiger partial charge on any atom is -0.508 e. The Morgan fingerprint density at radius 1 is 1.33 bits per heavy atom. The van der Waals surface area contributed by atoms with Gasteiger partial charge in [-0.3, -0.25) is 9.59 Å². The first-order valence-electron chi connectivity index (χ1n) is 7.55. The number of aromatic nitrogens is 2. The van der Waals surface area contributed by atoms with Crippen LogP contribution in [0.1, 0.15) is 12.8 Å². The summed E-state index contributed by atoms with van der Waals surface area (Å²) in [5, 5.41) is 24.0. The number of amides is 1. The lowest BCUT2D eigenvalue weighted by Crippen LogP contribution is -2.40. The summed E-state index contributed by atoms with van der Waals surface area (Å²) in [5.74, 6) is -1.49. The summed E-state index contributed by atoms with van der Waals surface area (Å²) in [6.45, 7) is 1.18. The Morgan fingerprint density at radius 2 is 2.17 bits per heavy atom.